The monoisotopic (exact) mass is 223 g/mol. The van der Waals surface area contributed by atoms with Crippen molar-refractivity contribution in [2.45, 2.75) is 6.10 Å². The van der Waals surface area contributed by atoms with Gasteiger partial charge in [-0.25, -0.2) is 4.39 Å². The predicted octanol–water partition coefficient (Wildman–Crippen LogP) is 1.34. The van der Waals surface area contributed by atoms with E-state index >= 15 is 0 Å². The van der Waals surface area contributed by atoms with Crippen LogP contribution in [0.4, 0.5) is 4.39 Å². The molecule has 1 heterocycles. The minimum Gasteiger partial charge on any atom is -0.367 e. The Balaban J connectivity index is 2.16. The highest BCUT2D eigenvalue weighted by atomic mass is 19.1. The zero-order valence-electron chi connectivity index (χ0n) is 9.15. The van der Waals surface area contributed by atoms with Crippen molar-refractivity contribution in [3.63, 3.8) is 0 Å². The molecule has 1 aromatic carbocycles. The van der Waals surface area contributed by atoms with Gasteiger partial charge in [0, 0.05) is 13.1 Å². The second-order valence-electron chi connectivity index (χ2n) is 3.97. The first kappa shape index (κ1) is 11.2. The van der Waals surface area contributed by atoms with Crippen LogP contribution in [0.1, 0.15) is 10.4 Å². The highest BCUT2D eigenvalue weighted by molar-refractivity contribution is 5.99. The maximum atomic E-state index is 13.4. The molecule has 1 aromatic rings. The van der Waals surface area contributed by atoms with E-state index in [1.54, 1.807) is 12.1 Å². The van der Waals surface area contributed by atoms with E-state index in [1.807, 2.05) is 11.9 Å². The fraction of sp³-hybridized carbons (Fsp3) is 0.417. The molecule has 0 aliphatic carbocycles. The first-order valence-corrected chi connectivity index (χ1v) is 5.27. The van der Waals surface area contributed by atoms with E-state index in [9.17, 15) is 9.18 Å². The van der Waals surface area contributed by atoms with Crippen LogP contribution in [0.3, 0.4) is 0 Å². The normalized spacial score (nSPS) is 22.0. The van der Waals surface area contributed by atoms with Gasteiger partial charge in [0.25, 0.3) is 0 Å². The summed E-state index contributed by atoms with van der Waals surface area (Å²) in [6.07, 6.45) is -0.546. The topological polar surface area (TPSA) is 29.5 Å². The molecule has 4 heteroatoms. The minimum atomic E-state index is -0.546. The Bertz CT molecular complexity index is 394. The van der Waals surface area contributed by atoms with Crippen LogP contribution < -0.4 is 0 Å². The summed E-state index contributed by atoms with van der Waals surface area (Å²) < 4.78 is 18.8. The van der Waals surface area contributed by atoms with Gasteiger partial charge in [-0.3, -0.25) is 4.79 Å². The number of morpholine rings is 1. The summed E-state index contributed by atoms with van der Waals surface area (Å²) in [7, 11) is 1.92. The highest BCUT2D eigenvalue weighted by Crippen LogP contribution is 2.13. The third-order valence-electron chi connectivity index (χ3n) is 2.70. The van der Waals surface area contributed by atoms with Crippen LogP contribution in [-0.4, -0.2) is 43.5 Å². The van der Waals surface area contributed by atoms with Gasteiger partial charge in [0.2, 0.25) is 0 Å². The van der Waals surface area contributed by atoms with Crippen LogP contribution in [0.2, 0.25) is 0 Å². The molecular formula is C12H14FNO2. The maximum absolute atomic E-state index is 13.4. The molecule has 0 spiro atoms. The zero-order valence-corrected chi connectivity index (χ0v) is 9.15. The molecule has 0 aromatic heterocycles. The molecule has 1 fully saturated rings. The number of carbonyl (C=O) groups excluding carboxylic acids is 1. The molecule has 1 aliphatic heterocycles. The number of carbonyl (C=O) groups is 1. The summed E-state index contributed by atoms with van der Waals surface area (Å²) in [5, 5.41) is 0. The number of ether oxygens (including phenoxy) is 1. The van der Waals surface area contributed by atoms with Gasteiger partial charge in [0.1, 0.15) is 11.9 Å². The molecule has 0 bridgehead atoms. The van der Waals surface area contributed by atoms with Crippen LogP contribution in [0.15, 0.2) is 24.3 Å². The molecule has 0 amide bonds. The van der Waals surface area contributed by atoms with Gasteiger partial charge >= 0.3 is 0 Å². The number of rotatable bonds is 2. The zero-order chi connectivity index (χ0) is 11.5. The maximum Gasteiger partial charge on any atom is 0.195 e. The minimum absolute atomic E-state index is 0.114. The van der Waals surface area contributed by atoms with Crippen LogP contribution in [0.25, 0.3) is 0 Å². The van der Waals surface area contributed by atoms with Gasteiger partial charge in [-0.1, -0.05) is 12.1 Å². The van der Waals surface area contributed by atoms with Crippen molar-refractivity contribution >= 4 is 5.78 Å². The summed E-state index contributed by atoms with van der Waals surface area (Å²) in [5.41, 5.74) is 0.114. The van der Waals surface area contributed by atoms with Gasteiger partial charge in [-0.15, -0.1) is 0 Å². The molecule has 3 nitrogen and oxygen atoms in total. The Morgan fingerprint density at radius 2 is 2.25 bits per heavy atom. The van der Waals surface area contributed by atoms with Crippen molar-refractivity contribution < 1.29 is 13.9 Å². The van der Waals surface area contributed by atoms with Gasteiger partial charge in [0.05, 0.1) is 12.2 Å². The number of Topliss-reactive ketones (excluding diaryl/α,β-unsaturated/α-hetero) is 1. The molecule has 1 unspecified atom stereocenters. The Kier molecular flexibility index (Phi) is 3.31. The van der Waals surface area contributed by atoms with Crippen LogP contribution in [-0.2, 0) is 4.74 Å². The van der Waals surface area contributed by atoms with Crippen molar-refractivity contribution in [2.75, 3.05) is 26.7 Å². The van der Waals surface area contributed by atoms with Crippen molar-refractivity contribution in [3.8, 4) is 0 Å². The lowest BCUT2D eigenvalue weighted by Gasteiger charge is -2.29. The first-order valence-electron chi connectivity index (χ1n) is 5.27. The third kappa shape index (κ3) is 2.28. The number of hydrogen-bond acceptors (Lipinski definition) is 3. The number of hydrogen-bond donors (Lipinski definition) is 0. The number of benzene rings is 1. The molecular weight excluding hydrogens is 209 g/mol. The van der Waals surface area contributed by atoms with Crippen LogP contribution in [0.5, 0.6) is 0 Å². The number of likely N-dealkylation sites (N-methyl/N-ethyl adjacent to an activating group) is 1. The second-order valence-corrected chi connectivity index (χ2v) is 3.97. The number of nitrogens with zero attached hydrogens (tertiary/aromatic N) is 1. The van der Waals surface area contributed by atoms with E-state index in [1.165, 1.54) is 12.1 Å². The predicted molar refractivity (Wildman–Crippen MR) is 58.0 cm³/mol. The number of halogens is 1. The smallest absolute Gasteiger partial charge is 0.195 e. The molecule has 1 atom stereocenters. The molecule has 1 saturated heterocycles. The lowest BCUT2D eigenvalue weighted by molar-refractivity contribution is -0.00883. The van der Waals surface area contributed by atoms with Gasteiger partial charge < -0.3 is 9.64 Å². The molecule has 0 saturated carbocycles. The third-order valence-corrected chi connectivity index (χ3v) is 2.70. The summed E-state index contributed by atoms with van der Waals surface area (Å²) in [4.78, 5) is 14.0. The Labute approximate surface area is 93.8 Å². The fourth-order valence-corrected chi connectivity index (χ4v) is 1.77. The fourth-order valence-electron chi connectivity index (χ4n) is 1.77. The van der Waals surface area contributed by atoms with Gasteiger partial charge in [-0.05, 0) is 19.2 Å². The molecule has 86 valence electrons. The Hall–Kier alpha value is -1.26. The Morgan fingerprint density at radius 3 is 2.94 bits per heavy atom. The van der Waals surface area contributed by atoms with E-state index in [0.29, 0.717) is 13.2 Å². The van der Waals surface area contributed by atoms with Crippen LogP contribution in [0, 0.1) is 5.82 Å². The van der Waals surface area contributed by atoms with Crippen molar-refractivity contribution in [2.24, 2.45) is 0 Å². The number of ketones is 1. The lowest BCUT2D eigenvalue weighted by Crippen LogP contribution is -2.44. The SMILES string of the molecule is CN1CCOC(C(=O)c2ccccc2F)C1. The molecule has 0 radical (unpaired) electrons. The Morgan fingerprint density at radius 1 is 1.50 bits per heavy atom. The summed E-state index contributed by atoms with van der Waals surface area (Å²) in [5.74, 6) is -0.756. The molecule has 2 rings (SSSR count). The average molecular weight is 223 g/mol. The largest absolute Gasteiger partial charge is 0.367 e. The first-order chi connectivity index (χ1) is 7.68. The van der Waals surface area contributed by atoms with E-state index in [2.05, 4.69) is 0 Å². The van der Waals surface area contributed by atoms with Gasteiger partial charge in [0.15, 0.2) is 5.78 Å². The van der Waals surface area contributed by atoms with Crippen molar-refractivity contribution in [1.82, 2.24) is 4.90 Å². The van der Waals surface area contributed by atoms with E-state index in [0.717, 1.165) is 6.54 Å². The molecule has 0 N–H and O–H groups in total. The summed E-state index contributed by atoms with van der Waals surface area (Å²) >= 11 is 0. The van der Waals surface area contributed by atoms with E-state index < -0.39 is 11.9 Å². The highest BCUT2D eigenvalue weighted by Gasteiger charge is 2.27. The van der Waals surface area contributed by atoms with Gasteiger partial charge in [-0.2, -0.15) is 0 Å². The van der Waals surface area contributed by atoms with E-state index in [-0.39, 0.29) is 11.3 Å². The standard InChI is InChI=1S/C12H14FNO2/c1-14-6-7-16-11(8-14)12(15)9-4-2-3-5-10(9)13/h2-5,11H,6-8H2,1H3. The second kappa shape index (κ2) is 4.72. The van der Waals surface area contributed by atoms with Crippen molar-refractivity contribution in [1.29, 1.82) is 0 Å². The lowest BCUT2D eigenvalue weighted by atomic mass is 10.0. The van der Waals surface area contributed by atoms with E-state index in [4.69, 9.17) is 4.74 Å². The van der Waals surface area contributed by atoms with Crippen molar-refractivity contribution in [3.05, 3.63) is 35.6 Å². The average Bonchev–Trinajstić information content (AvgIpc) is 2.29. The summed E-state index contributed by atoms with van der Waals surface area (Å²) in [6, 6.07) is 6.01. The van der Waals surface area contributed by atoms with Crippen LogP contribution >= 0.6 is 0 Å². The molecule has 1 aliphatic rings. The quantitative estimate of drug-likeness (QED) is 0.709. The summed E-state index contributed by atoms with van der Waals surface area (Å²) in [6.45, 7) is 1.84. The molecule has 16 heavy (non-hydrogen) atoms.